The highest BCUT2D eigenvalue weighted by Gasteiger charge is 2.21. The van der Waals surface area contributed by atoms with Crippen LogP contribution in [0.25, 0.3) is 33.1 Å². The van der Waals surface area contributed by atoms with Crippen LogP contribution in [0.1, 0.15) is 0 Å². The maximum Gasteiger partial charge on any atom is 0.362 e. The number of rotatable bonds is 1. The molecule has 106 valence electrons. The lowest BCUT2D eigenvalue weighted by atomic mass is 9.97. The fourth-order valence-electron chi connectivity index (χ4n) is 2.76. The fraction of sp³-hybridized carbons (Fsp3) is 0. The summed E-state index contributed by atoms with van der Waals surface area (Å²) in [5.74, 6) is 0.204. The number of aromatic hydroxyl groups is 1. The van der Waals surface area contributed by atoms with Crippen molar-refractivity contribution in [1.82, 2.24) is 0 Å². The van der Waals surface area contributed by atoms with E-state index in [9.17, 15) is 5.11 Å². The Balaban J connectivity index is 2.24. The van der Waals surface area contributed by atoms with Gasteiger partial charge >= 0.3 is 11.2 Å². The van der Waals surface area contributed by atoms with Crippen molar-refractivity contribution in [3.8, 4) is 16.9 Å². The second-order valence-electron chi connectivity index (χ2n) is 5.14. The Morgan fingerprint density at radius 1 is 0.773 bits per heavy atom. The zero-order chi connectivity index (χ0) is 15.1. The van der Waals surface area contributed by atoms with Gasteiger partial charge in [-0.2, -0.15) is 0 Å². The van der Waals surface area contributed by atoms with Crippen LogP contribution in [0.15, 0.2) is 75.6 Å². The van der Waals surface area contributed by atoms with E-state index >= 15 is 0 Å². The van der Waals surface area contributed by atoms with Gasteiger partial charge in [0.1, 0.15) is 5.75 Å². The third-order valence-corrected chi connectivity index (χ3v) is 4.39. The van der Waals surface area contributed by atoms with E-state index in [1.807, 2.05) is 48.5 Å². The Morgan fingerprint density at radius 3 is 2.32 bits per heavy atom. The normalized spacial score (nSPS) is 11.1. The van der Waals surface area contributed by atoms with Crippen molar-refractivity contribution >= 4 is 37.9 Å². The molecule has 0 saturated carbocycles. The molecule has 0 saturated heterocycles. The van der Waals surface area contributed by atoms with Gasteiger partial charge in [0, 0.05) is 11.6 Å². The van der Waals surface area contributed by atoms with E-state index in [0.29, 0.717) is 4.47 Å². The van der Waals surface area contributed by atoms with Crippen molar-refractivity contribution in [2.24, 2.45) is 0 Å². The van der Waals surface area contributed by atoms with E-state index in [1.54, 1.807) is 6.07 Å². The molecule has 22 heavy (non-hydrogen) atoms. The zero-order valence-electron chi connectivity index (χ0n) is 11.6. The summed E-state index contributed by atoms with van der Waals surface area (Å²) in [6.07, 6.45) is 0. The second-order valence-corrected chi connectivity index (χ2v) is 5.99. The first kappa shape index (κ1) is 13.3. The van der Waals surface area contributed by atoms with Crippen LogP contribution in [0.5, 0.6) is 5.75 Å². The first-order chi connectivity index (χ1) is 10.7. The molecule has 3 heteroatoms. The van der Waals surface area contributed by atoms with Crippen LogP contribution >= 0.6 is 15.9 Å². The predicted octanol–water partition coefficient (Wildman–Crippen LogP) is 6.00. The Labute approximate surface area is 135 Å². The summed E-state index contributed by atoms with van der Waals surface area (Å²) >= 11 is 3.35. The number of fused-ring (bicyclic) bond motifs is 2. The molecule has 0 unspecified atom stereocenters. The van der Waals surface area contributed by atoms with Crippen LogP contribution in [-0.4, -0.2) is 5.11 Å². The van der Waals surface area contributed by atoms with Crippen LogP contribution in [0.2, 0.25) is 0 Å². The molecule has 0 aliphatic rings. The van der Waals surface area contributed by atoms with E-state index in [0.717, 1.165) is 33.1 Å². The quantitative estimate of drug-likeness (QED) is 0.336. The van der Waals surface area contributed by atoms with Crippen molar-refractivity contribution < 1.29 is 9.52 Å². The highest BCUT2D eigenvalue weighted by Crippen LogP contribution is 2.39. The van der Waals surface area contributed by atoms with Crippen LogP contribution in [0.3, 0.4) is 0 Å². The van der Waals surface area contributed by atoms with E-state index in [4.69, 9.17) is 4.42 Å². The van der Waals surface area contributed by atoms with Crippen LogP contribution in [0.4, 0.5) is 0 Å². The lowest BCUT2D eigenvalue weighted by molar-refractivity contribution is 0.472. The molecule has 0 aliphatic carbocycles. The lowest BCUT2D eigenvalue weighted by Crippen LogP contribution is -1.86. The van der Waals surface area contributed by atoms with Crippen LogP contribution in [-0.2, 0) is 0 Å². The maximum atomic E-state index is 10.1. The van der Waals surface area contributed by atoms with Gasteiger partial charge in [-0.1, -0.05) is 42.5 Å². The Hall–Kier alpha value is -2.39. The van der Waals surface area contributed by atoms with Gasteiger partial charge in [0.2, 0.25) is 0 Å². The number of hydrogen-bond acceptors (Lipinski definition) is 1. The smallest absolute Gasteiger partial charge is 0.362 e. The summed E-state index contributed by atoms with van der Waals surface area (Å²) in [6.45, 7) is 0. The van der Waals surface area contributed by atoms with Gasteiger partial charge in [0.05, 0.1) is 21.3 Å². The number of benzene rings is 3. The molecule has 0 spiro atoms. The monoisotopic (exact) mass is 351 g/mol. The Kier molecular flexibility index (Phi) is 3.09. The average Bonchev–Trinajstić information content (AvgIpc) is 2.55. The van der Waals surface area contributed by atoms with E-state index in [-0.39, 0.29) is 5.75 Å². The SMILES string of the molecule is Oc1cc2c(-c3ccccc3)c3ccccc3[o+]c2cc1Br. The molecular weight excluding hydrogens is 340 g/mol. The number of para-hydroxylation sites is 1. The van der Waals surface area contributed by atoms with Gasteiger partial charge in [-0.05, 0) is 33.6 Å². The molecule has 4 rings (SSSR count). The summed E-state index contributed by atoms with van der Waals surface area (Å²) in [5.41, 5.74) is 3.73. The Bertz CT molecular complexity index is 994. The number of hydrogen-bond donors (Lipinski definition) is 1. The van der Waals surface area contributed by atoms with Gasteiger partial charge in [0.15, 0.2) is 0 Å². The summed E-state index contributed by atoms with van der Waals surface area (Å²) in [5, 5.41) is 12.0. The molecule has 0 atom stereocenters. The lowest BCUT2D eigenvalue weighted by Gasteiger charge is -2.06. The van der Waals surface area contributed by atoms with E-state index < -0.39 is 0 Å². The van der Waals surface area contributed by atoms with Crippen molar-refractivity contribution in [2.75, 3.05) is 0 Å². The number of halogens is 1. The molecule has 0 amide bonds. The van der Waals surface area contributed by atoms with Gasteiger partial charge in [-0.15, -0.1) is 0 Å². The Morgan fingerprint density at radius 2 is 1.50 bits per heavy atom. The molecule has 0 aliphatic heterocycles. The summed E-state index contributed by atoms with van der Waals surface area (Å²) in [6, 6.07) is 21.7. The second kappa shape index (κ2) is 5.11. The van der Waals surface area contributed by atoms with E-state index in [1.165, 1.54) is 0 Å². The van der Waals surface area contributed by atoms with Crippen molar-refractivity contribution in [2.45, 2.75) is 0 Å². The highest BCUT2D eigenvalue weighted by atomic mass is 79.9. The molecule has 1 N–H and O–H groups in total. The standard InChI is InChI=1S/C19H11BrO2/c20-15-11-18-14(10-16(15)21)19(12-6-2-1-3-7-12)13-8-4-5-9-17(13)22-18/h1-11H/p+1. The van der Waals surface area contributed by atoms with Crippen molar-refractivity contribution in [3.05, 3.63) is 71.2 Å². The minimum Gasteiger partial charge on any atom is -0.507 e. The predicted molar refractivity (Wildman–Crippen MR) is 92.9 cm³/mol. The number of phenols is 1. The van der Waals surface area contributed by atoms with Gasteiger partial charge in [-0.25, -0.2) is 4.42 Å². The topological polar surface area (TPSA) is 31.5 Å². The molecule has 0 bridgehead atoms. The minimum absolute atomic E-state index is 0.204. The van der Waals surface area contributed by atoms with Crippen LogP contribution in [0, 0.1) is 0 Å². The summed E-state index contributed by atoms with van der Waals surface area (Å²) in [7, 11) is 0. The van der Waals surface area contributed by atoms with Gasteiger partial charge in [-0.3, -0.25) is 0 Å². The molecule has 0 fully saturated rings. The molecule has 4 aromatic rings. The molecule has 3 aromatic carbocycles. The molecule has 1 heterocycles. The summed E-state index contributed by atoms with van der Waals surface area (Å²) in [4.78, 5) is 0. The average molecular weight is 352 g/mol. The first-order valence-electron chi connectivity index (χ1n) is 6.96. The molecule has 0 radical (unpaired) electrons. The largest absolute Gasteiger partial charge is 0.507 e. The molecule has 1 aromatic heterocycles. The highest BCUT2D eigenvalue weighted by molar-refractivity contribution is 9.10. The maximum absolute atomic E-state index is 10.1. The van der Waals surface area contributed by atoms with Crippen molar-refractivity contribution in [1.29, 1.82) is 0 Å². The zero-order valence-corrected chi connectivity index (χ0v) is 13.2. The minimum atomic E-state index is 0.204. The van der Waals surface area contributed by atoms with Gasteiger partial charge in [0.25, 0.3) is 0 Å². The van der Waals surface area contributed by atoms with Gasteiger partial charge < -0.3 is 5.11 Å². The third kappa shape index (κ3) is 2.06. The van der Waals surface area contributed by atoms with Crippen molar-refractivity contribution in [3.63, 3.8) is 0 Å². The number of phenolic OH excluding ortho intramolecular Hbond substituents is 1. The third-order valence-electron chi connectivity index (χ3n) is 3.76. The fourth-order valence-corrected chi connectivity index (χ4v) is 3.09. The van der Waals surface area contributed by atoms with E-state index in [2.05, 4.69) is 28.1 Å². The molecule has 2 nitrogen and oxygen atoms in total. The summed E-state index contributed by atoms with van der Waals surface area (Å²) < 4.78 is 6.63. The first-order valence-corrected chi connectivity index (χ1v) is 7.76. The van der Waals surface area contributed by atoms with Crippen LogP contribution < -0.4 is 0 Å². The molecular formula is C19H12BrO2+.